The molecule has 0 saturated carbocycles. The molecule has 4 rings (SSSR count). The van der Waals surface area contributed by atoms with E-state index in [0.29, 0.717) is 51.1 Å². The summed E-state index contributed by atoms with van der Waals surface area (Å²) in [5.41, 5.74) is 18.5. The molecule has 0 aromatic heterocycles. The Bertz CT molecular complexity index is 1830. The van der Waals surface area contributed by atoms with Crippen molar-refractivity contribution in [2.24, 2.45) is 30.7 Å². The molecule has 0 atom stereocenters. The molecule has 0 aliphatic rings. The highest BCUT2D eigenvalue weighted by Gasteiger charge is 2.10. The third-order valence-electron chi connectivity index (χ3n) is 6.05. The maximum Gasteiger partial charge on any atom is 0.294 e. The molecule has 4 aromatic carbocycles. The summed E-state index contributed by atoms with van der Waals surface area (Å²) in [5.74, 6) is 0.0390. The molecule has 4 aromatic rings. The van der Waals surface area contributed by atoms with Gasteiger partial charge >= 0.3 is 0 Å². The molecule has 0 unspecified atom stereocenters. The van der Waals surface area contributed by atoms with Crippen LogP contribution < -0.4 is 11.5 Å². The van der Waals surface area contributed by atoms with Crippen LogP contribution in [-0.2, 0) is 10.1 Å². The Morgan fingerprint density at radius 1 is 0.585 bits per heavy atom. The third kappa shape index (κ3) is 6.96. The van der Waals surface area contributed by atoms with Crippen LogP contribution in [0.25, 0.3) is 0 Å². The first-order chi connectivity index (χ1) is 19.3. The zero-order valence-electron chi connectivity index (χ0n) is 22.7. The predicted molar refractivity (Wildman–Crippen MR) is 158 cm³/mol. The van der Waals surface area contributed by atoms with Gasteiger partial charge in [-0.1, -0.05) is 6.07 Å². The molecule has 13 heteroatoms. The van der Waals surface area contributed by atoms with Crippen molar-refractivity contribution < 1.29 is 18.1 Å². The van der Waals surface area contributed by atoms with Crippen molar-refractivity contribution >= 4 is 55.6 Å². The summed E-state index contributed by atoms with van der Waals surface area (Å²) >= 11 is 0. The van der Waals surface area contributed by atoms with E-state index < -0.39 is 10.1 Å². The Labute approximate surface area is 237 Å². The van der Waals surface area contributed by atoms with Gasteiger partial charge in [0.2, 0.25) is 0 Å². The monoisotopic (exact) mass is 572 g/mol. The molecule has 0 radical (unpaired) electrons. The highest BCUT2D eigenvalue weighted by Crippen LogP contribution is 2.38. The van der Waals surface area contributed by atoms with E-state index >= 15 is 0 Å². The number of nitrogens with two attached hydrogens (primary N) is 2. The maximum absolute atomic E-state index is 11.2. The van der Waals surface area contributed by atoms with Crippen molar-refractivity contribution in [1.29, 1.82) is 0 Å². The van der Waals surface area contributed by atoms with E-state index in [9.17, 15) is 13.5 Å². The predicted octanol–water partition coefficient (Wildman–Crippen LogP) is 8.28. The van der Waals surface area contributed by atoms with Gasteiger partial charge in [0.15, 0.2) is 0 Å². The number of nitrogen functional groups attached to an aromatic ring is 2. The van der Waals surface area contributed by atoms with Gasteiger partial charge in [-0.3, -0.25) is 4.55 Å². The number of azo groups is 3. The molecule has 6 N–H and O–H groups in total. The normalized spacial score (nSPS) is 12.2. The van der Waals surface area contributed by atoms with Crippen LogP contribution in [-0.4, -0.2) is 18.1 Å². The molecule has 0 spiro atoms. The van der Waals surface area contributed by atoms with Crippen molar-refractivity contribution in [3.05, 3.63) is 82.9 Å². The van der Waals surface area contributed by atoms with E-state index in [-0.39, 0.29) is 10.6 Å². The number of nitrogens with zero attached hydrogens (tertiary/aromatic N) is 6. The van der Waals surface area contributed by atoms with Gasteiger partial charge in [-0.15, -0.1) is 15.3 Å². The summed E-state index contributed by atoms with van der Waals surface area (Å²) < 4.78 is 31.5. The summed E-state index contributed by atoms with van der Waals surface area (Å²) in [6, 6.07) is 15.6. The highest BCUT2D eigenvalue weighted by atomic mass is 32.2. The van der Waals surface area contributed by atoms with Crippen LogP contribution in [0.15, 0.2) is 96.2 Å². The second-order valence-corrected chi connectivity index (χ2v) is 10.8. The number of anilines is 2. The lowest BCUT2D eigenvalue weighted by Gasteiger charge is -2.07. The smallest absolute Gasteiger partial charge is 0.294 e. The minimum absolute atomic E-state index is 0.0390. The zero-order chi connectivity index (χ0) is 29.9. The molecule has 0 amide bonds. The topological polar surface area (TPSA) is 201 Å². The summed E-state index contributed by atoms with van der Waals surface area (Å²) in [4.78, 5) is -0.226. The van der Waals surface area contributed by atoms with E-state index in [1.807, 2.05) is 26.8 Å². The Kier molecular flexibility index (Phi) is 8.21. The Hall–Kier alpha value is -5.01. The Balaban J connectivity index is 1.57. The fraction of sp³-hybridized carbons (Fsp3) is 0.143. The molecule has 0 saturated heterocycles. The van der Waals surface area contributed by atoms with Crippen molar-refractivity contribution in [3.63, 3.8) is 0 Å². The van der Waals surface area contributed by atoms with Crippen LogP contribution in [0.2, 0.25) is 0 Å². The van der Waals surface area contributed by atoms with Gasteiger partial charge in [0, 0.05) is 0 Å². The number of phenolic OH excluding ortho intramolecular Hbond substituents is 1. The number of rotatable bonds is 7. The summed E-state index contributed by atoms with van der Waals surface area (Å²) in [7, 11) is -4.28. The van der Waals surface area contributed by atoms with Gasteiger partial charge in [-0.05, 0) is 105 Å². The first-order valence-corrected chi connectivity index (χ1v) is 13.7. The van der Waals surface area contributed by atoms with Gasteiger partial charge in [0.1, 0.15) is 22.8 Å². The lowest BCUT2D eigenvalue weighted by Crippen LogP contribution is -1.96. The maximum atomic E-state index is 11.2. The van der Waals surface area contributed by atoms with Crippen molar-refractivity contribution in [3.8, 4) is 5.75 Å². The standard InChI is InChI=1S/C28H28N8O4S/c1-15-9-18(4)28(37)27(10-15)36-35-26-14-25(21(29)13-22(26)30)34-33-24-12-16(2)23(11-17(24)3)32-31-19-5-7-20(8-6-19)41(38,39)40/h5-14,37H,29-30H2,1-4H3,(H,38,39,40). The second-order valence-electron chi connectivity index (χ2n) is 9.41. The summed E-state index contributed by atoms with van der Waals surface area (Å²) in [6.07, 6.45) is 0. The summed E-state index contributed by atoms with van der Waals surface area (Å²) in [6.45, 7) is 7.36. The van der Waals surface area contributed by atoms with Crippen LogP contribution in [0, 0.1) is 27.7 Å². The summed E-state index contributed by atoms with van der Waals surface area (Å²) in [5, 5.41) is 35.7. The van der Waals surface area contributed by atoms with Crippen LogP contribution in [0.5, 0.6) is 5.75 Å². The molecule has 0 fully saturated rings. The van der Waals surface area contributed by atoms with Crippen molar-refractivity contribution in [1.82, 2.24) is 0 Å². The van der Waals surface area contributed by atoms with Crippen LogP contribution in [0.1, 0.15) is 22.3 Å². The molecular formula is C28H28N8O4S. The molecule has 0 heterocycles. The van der Waals surface area contributed by atoms with Crippen molar-refractivity contribution in [2.75, 3.05) is 11.5 Å². The fourth-order valence-electron chi connectivity index (χ4n) is 3.81. The largest absolute Gasteiger partial charge is 0.505 e. The molecule has 41 heavy (non-hydrogen) atoms. The van der Waals surface area contributed by atoms with E-state index in [4.69, 9.17) is 16.0 Å². The number of aryl methyl sites for hydroxylation is 4. The van der Waals surface area contributed by atoms with Crippen LogP contribution in [0.4, 0.5) is 45.5 Å². The lowest BCUT2D eigenvalue weighted by molar-refractivity contribution is 0.472. The van der Waals surface area contributed by atoms with E-state index in [1.165, 1.54) is 30.3 Å². The molecule has 0 aliphatic heterocycles. The third-order valence-corrected chi connectivity index (χ3v) is 6.92. The average Bonchev–Trinajstić information content (AvgIpc) is 2.90. The lowest BCUT2D eigenvalue weighted by atomic mass is 10.1. The number of phenols is 1. The van der Waals surface area contributed by atoms with E-state index in [2.05, 4.69) is 30.7 Å². The van der Waals surface area contributed by atoms with E-state index in [0.717, 1.165) is 16.7 Å². The van der Waals surface area contributed by atoms with Crippen LogP contribution in [0.3, 0.4) is 0 Å². The number of hydrogen-bond donors (Lipinski definition) is 4. The quantitative estimate of drug-likeness (QED) is 0.0973. The SMILES string of the molecule is Cc1cc(C)c(O)c(N=Nc2cc(N=Nc3cc(C)c(N=Nc4ccc(S(=O)(=O)O)cc4)cc3C)c(N)cc2N)c1. The first-order valence-electron chi connectivity index (χ1n) is 12.2. The number of aromatic hydroxyl groups is 1. The minimum Gasteiger partial charge on any atom is -0.505 e. The van der Waals surface area contributed by atoms with Crippen molar-refractivity contribution in [2.45, 2.75) is 32.6 Å². The van der Waals surface area contributed by atoms with Gasteiger partial charge < -0.3 is 16.6 Å². The Morgan fingerprint density at radius 3 is 1.61 bits per heavy atom. The molecule has 12 nitrogen and oxygen atoms in total. The van der Waals surface area contributed by atoms with Gasteiger partial charge in [-0.2, -0.15) is 23.8 Å². The second kappa shape index (κ2) is 11.6. The molecule has 210 valence electrons. The minimum atomic E-state index is -4.28. The number of hydrogen-bond acceptors (Lipinski definition) is 11. The average molecular weight is 573 g/mol. The van der Waals surface area contributed by atoms with E-state index in [1.54, 1.807) is 31.2 Å². The van der Waals surface area contributed by atoms with Gasteiger partial charge in [0.25, 0.3) is 10.1 Å². The Morgan fingerprint density at radius 2 is 1.07 bits per heavy atom. The van der Waals surface area contributed by atoms with Gasteiger partial charge in [0.05, 0.1) is 33.3 Å². The van der Waals surface area contributed by atoms with Gasteiger partial charge in [-0.25, -0.2) is 0 Å². The zero-order valence-corrected chi connectivity index (χ0v) is 23.5. The molecule has 0 bridgehead atoms. The fourth-order valence-corrected chi connectivity index (χ4v) is 4.29. The molecular weight excluding hydrogens is 544 g/mol. The van der Waals surface area contributed by atoms with Crippen LogP contribution >= 0.6 is 0 Å². The first kappa shape index (κ1) is 29.0. The number of benzene rings is 4. The molecule has 0 aliphatic carbocycles. The highest BCUT2D eigenvalue weighted by molar-refractivity contribution is 7.85.